The molecule has 0 atom stereocenters. The van der Waals surface area contributed by atoms with Gasteiger partial charge in [0.1, 0.15) is 12.1 Å². The van der Waals surface area contributed by atoms with Gasteiger partial charge in [0.2, 0.25) is 5.91 Å². The maximum atomic E-state index is 13.4. The number of hydrogen-bond donors (Lipinski definition) is 2. The Morgan fingerprint density at radius 2 is 1.75 bits per heavy atom. The fraction of sp³-hybridized carbons (Fsp3) is 0.0714. The summed E-state index contributed by atoms with van der Waals surface area (Å²) < 4.78 is 1.80. The van der Waals surface area contributed by atoms with E-state index in [0.717, 1.165) is 16.5 Å². The van der Waals surface area contributed by atoms with E-state index in [1.807, 2.05) is 79.7 Å². The molecule has 0 aliphatic carbocycles. The molecule has 0 radical (unpaired) electrons. The van der Waals surface area contributed by atoms with Crippen LogP contribution in [0.1, 0.15) is 11.1 Å². The Morgan fingerprint density at radius 1 is 1.00 bits per heavy atom. The number of benzene rings is 3. The second-order valence-corrected chi connectivity index (χ2v) is 8.83. The van der Waals surface area contributed by atoms with Crippen molar-refractivity contribution in [1.82, 2.24) is 9.88 Å². The van der Waals surface area contributed by atoms with Crippen LogP contribution in [0.3, 0.4) is 0 Å². The third kappa shape index (κ3) is 4.54. The lowest BCUT2D eigenvalue weighted by molar-refractivity contribution is -0.122. The number of nitrogens with one attached hydrogen (secondary N) is 2. The van der Waals surface area contributed by atoms with Gasteiger partial charge in [0.15, 0.2) is 5.11 Å². The molecule has 36 heavy (non-hydrogen) atoms. The van der Waals surface area contributed by atoms with Crippen molar-refractivity contribution < 1.29 is 14.4 Å². The molecule has 7 nitrogen and oxygen atoms in total. The molecule has 0 unspecified atom stereocenters. The highest BCUT2D eigenvalue weighted by Gasteiger charge is 2.34. The van der Waals surface area contributed by atoms with Crippen LogP contribution in [0.2, 0.25) is 0 Å². The molecule has 3 amide bonds. The van der Waals surface area contributed by atoms with E-state index in [2.05, 4.69) is 10.6 Å². The normalized spacial score (nSPS) is 14.9. The largest absolute Gasteiger partial charge is 0.337 e. The summed E-state index contributed by atoms with van der Waals surface area (Å²) in [5.41, 5.74) is 3.66. The minimum absolute atomic E-state index is 0.0350. The summed E-state index contributed by atoms with van der Waals surface area (Å²) in [6, 6.07) is 24.1. The van der Waals surface area contributed by atoms with Gasteiger partial charge >= 0.3 is 0 Å². The summed E-state index contributed by atoms with van der Waals surface area (Å²) in [5.74, 6) is -1.26. The Morgan fingerprint density at radius 3 is 2.53 bits per heavy atom. The smallest absolute Gasteiger partial charge is 0.270 e. The van der Waals surface area contributed by atoms with Crippen LogP contribution in [0.25, 0.3) is 17.0 Å². The van der Waals surface area contributed by atoms with Crippen LogP contribution >= 0.6 is 12.2 Å². The van der Waals surface area contributed by atoms with Gasteiger partial charge in [0, 0.05) is 28.4 Å². The first-order valence-corrected chi connectivity index (χ1v) is 11.7. The molecule has 0 spiro atoms. The van der Waals surface area contributed by atoms with Crippen LogP contribution in [-0.2, 0) is 20.9 Å². The molecule has 4 aromatic rings. The first kappa shape index (κ1) is 23.2. The third-order valence-corrected chi connectivity index (χ3v) is 6.14. The van der Waals surface area contributed by atoms with Crippen LogP contribution in [0, 0.1) is 6.92 Å². The maximum Gasteiger partial charge on any atom is 0.270 e. The molecule has 1 aromatic heterocycles. The number of amides is 3. The molecule has 2 N–H and O–H groups in total. The molecule has 8 heteroatoms. The highest BCUT2D eigenvalue weighted by molar-refractivity contribution is 7.80. The number of nitrogens with zero attached hydrogens (tertiary/aromatic N) is 2. The average Bonchev–Trinajstić information content (AvgIpc) is 3.19. The molecule has 3 aromatic carbocycles. The van der Waals surface area contributed by atoms with Gasteiger partial charge in [-0.1, -0.05) is 48.5 Å². The molecule has 5 rings (SSSR count). The fourth-order valence-electron chi connectivity index (χ4n) is 4.21. The van der Waals surface area contributed by atoms with Gasteiger partial charge in [-0.3, -0.25) is 24.6 Å². The highest BCUT2D eigenvalue weighted by Crippen LogP contribution is 2.27. The van der Waals surface area contributed by atoms with E-state index in [0.29, 0.717) is 16.9 Å². The number of aromatic nitrogens is 1. The summed E-state index contributed by atoms with van der Waals surface area (Å²) in [7, 11) is 0. The minimum atomic E-state index is -0.562. The van der Waals surface area contributed by atoms with E-state index in [4.69, 9.17) is 12.2 Å². The second-order valence-electron chi connectivity index (χ2n) is 8.44. The zero-order valence-electron chi connectivity index (χ0n) is 19.4. The van der Waals surface area contributed by atoms with Crippen LogP contribution in [0.15, 0.2) is 90.6 Å². The van der Waals surface area contributed by atoms with Gasteiger partial charge in [0.05, 0.1) is 5.69 Å². The number of anilines is 2. The van der Waals surface area contributed by atoms with E-state index in [-0.39, 0.29) is 23.1 Å². The van der Waals surface area contributed by atoms with Crippen molar-refractivity contribution in [2.75, 3.05) is 10.2 Å². The average molecular weight is 495 g/mol. The van der Waals surface area contributed by atoms with Gasteiger partial charge in [-0.2, -0.15) is 0 Å². The Labute approximate surface area is 213 Å². The number of rotatable bonds is 5. The van der Waals surface area contributed by atoms with E-state index in [1.54, 1.807) is 22.9 Å². The fourth-order valence-corrected chi connectivity index (χ4v) is 4.49. The van der Waals surface area contributed by atoms with Crippen molar-refractivity contribution in [3.05, 3.63) is 102 Å². The van der Waals surface area contributed by atoms with E-state index in [9.17, 15) is 14.4 Å². The van der Waals surface area contributed by atoms with Crippen molar-refractivity contribution >= 4 is 63.4 Å². The van der Waals surface area contributed by atoms with Crippen molar-refractivity contribution in [2.24, 2.45) is 0 Å². The SMILES string of the molecule is Cc1cccc(N2C(=O)C(=Cc3cn(CC(=O)Nc4ccccc4)c4ccccc34)C(=O)NC2=S)c1. The molecule has 178 valence electrons. The van der Waals surface area contributed by atoms with Gasteiger partial charge in [-0.05, 0) is 61.1 Å². The first-order valence-electron chi connectivity index (χ1n) is 11.3. The number of carbonyl (C=O) groups is 3. The van der Waals surface area contributed by atoms with E-state index < -0.39 is 11.8 Å². The Kier molecular flexibility index (Phi) is 6.18. The lowest BCUT2D eigenvalue weighted by atomic mass is 10.1. The molecule has 2 heterocycles. The summed E-state index contributed by atoms with van der Waals surface area (Å²) >= 11 is 5.30. The predicted molar refractivity (Wildman–Crippen MR) is 144 cm³/mol. The predicted octanol–water partition coefficient (Wildman–Crippen LogP) is 4.42. The number of thiocarbonyl (C=S) groups is 1. The third-order valence-electron chi connectivity index (χ3n) is 5.85. The number of hydrogen-bond acceptors (Lipinski definition) is 4. The van der Waals surface area contributed by atoms with Crippen LogP contribution in [-0.4, -0.2) is 27.4 Å². The molecule has 1 aliphatic heterocycles. The quantitative estimate of drug-likeness (QED) is 0.244. The second kappa shape index (κ2) is 9.59. The van der Waals surface area contributed by atoms with Crippen molar-refractivity contribution in [3.8, 4) is 0 Å². The summed E-state index contributed by atoms with van der Waals surface area (Å²) in [5, 5.41) is 6.35. The van der Waals surface area contributed by atoms with Crippen LogP contribution in [0.4, 0.5) is 11.4 Å². The number of para-hydroxylation sites is 2. The standard InChI is InChI=1S/C28H22N4O3S/c1-18-8-7-11-21(14-18)32-27(35)23(26(34)30-28(32)36)15-19-16-31(24-13-6-5-12-22(19)24)17-25(33)29-20-9-3-2-4-10-20/h2-16H,17H2,1H3,(H,29,33)(H,30,34,36). The van der Waals surface area contributed by atoms with Gasteiger partial charge < -0.3 is 9.88 Å². The maximum absolute atomic E-state index is 13.4. The number of carbonyl (C=O) groups excluding carboxylic acids is 3. The number of aryl methyl sites for hydroxylation is 1. The highest BCUT2D eigenvalue weighted by atomic mass is 32.1. The summed E-state index contributed by atoms with van der Waals surface area (Å²) in [6.45, 7) is 1.98. The summed E-state index contributed by atoms with van der Waals surface area (Å²) in [6.07, 6.45) is 3.32. The van der Waals surface area contributed by atoms with Crippen LogP contribution < -0.4 is 15.5 Å². The van der Waals surface area contributed by atoms with E-state index >= 15 is 0 Å². The van der Waals surface area contributed by atoms with Crippen LogP contribution in [0.5, 0.6) is 0 Å². The van der Waals surface area contributed by atoms with Gasteiger partial charge in [-0.25, -0.2) is 0 Å². The van der Waals surface area contributed by atoms with Crippen molar-refractivity contribution in [3.63, 3.8) is 0 Å². The zero-order chi connectivity index (χ0) is 25.2. The Hall–Kier alpha value is -4.56. The zero-order valence-corrected chi connectivity index (χ0v) is 20.2. The van der Waals surface area contributed by atoms with E-state index in [1.165, 1.54) is 4.90 Å². The van der Waals surface area contributed by atoms with Gasteiger partial charge in [0.25, 0.3) is 11.8 Å². The lowest BCUT2D eigenvalue weighted by Gasteiger charge is -2.29. The molecule has 1 fully saturated rings. The lowest BCUT2D eigenvalue weighted by Crippen LogP contribution is -2.54. The Bertz CT molecular complexity index is 1560. The molecular weight excluding hydrogens is 472 g/mol. The molecule has 0 saturated carbocycles. The summed E-state index contributed by atoms with van der Waals surface area (Å²) in [4.78, 5) is 40.3. The molecule has 1 aliphatic rings. The Balaban J connectivity index is 1.49. The molecular formula is C28H22N4O3S. The van der Waals surface area contributed by atoms with Gasteiger partial charge in [-0.15, -0.1) is 0 Å². The monoisotopic (exact) mass is 494 g/mol. The van der Waals surface area contributed by atoms with Crippen molar-refractivity contribution in [1.29, 1.82) is 0 Å². The first-order chi connectivity index (χ1) is 17.4. The topological polar surface area (TPSA) is 83.4 Å². The minimum Gasteiger partial charge on any atom is -0.337 e. The molecule has 1 saturated heterocycles. The number of fused-ring (bicyclic) bond motifs is 1. The molecule has 0 bridgehead atoms. The van der Waals surface area contributed by atoms with Crippen molar-refractivity contribution in [2.45, 2.75) is 13.5 Å².